The number of hydrogen-bond acceptors (Lipinski definition) is 0. The highest BCUT2D eigenvalue weighted by Crippen LogP contribution is 2.62. The van der Waals surface area contributed by atoms with Gasteiger partial charge in [-0.05, 0) is 193 Å². The summed E-state index contributed by atoms with van der Waals surface area (Å²) in [7, 11) is 0. The van der Waals surface area contributed by atoms with Crippen LogP contribution in [0.4, 0.5) is 0 Å². The van der Waals surface area contributed by atoms with Gasteiger partial charge in [0.05, 0.1) is 0 Å². The Kier molecular flexibility index (Phi) is 7.76. The average Bonchev–Trinajstić information content (AvgIpc) is 3.82. The van der Waals surface area contributed by atoms with Crippen molar-refractivity contribution in [3.63, 3.8) is 0 Å². The molecule has 0 atom stereocenters. The largest absolute Gasteiger partial charge is 0.0622 e. The summed E-state index contributed by atoms with van der Waals surface area (Å²) in [5.74, 6) is 0. The van der Waals surface area contributed by atoms with E-state index in [9.17, 15) is 0 Å². The standard InChI is InChI=1S/C66H44/c1-37-29-45-31-39(3)35-53-55(45)51(33-37)63-57(41-17-9-5-10-18-41)49-27-25-48-47(61(49)59(65(53)63)43-21-13-7-14-22-43)26-28-50-58(42-19-11-6-12-20-42)64-52-34-38(2)30-46-32-40(4)36-54(56(46)52)66(64)60(62(48)50)44-23-15-8-16-24-44/h5-36H,1-4H3. The molecule has 308 valence electrons. The summed E-state index contributed by atoms with van der Waals surface area (Å²) < 4.78 is 0. The van der Waals surface area contributed by atoms with Crippen molar-refractivity contribution < 1.29 is 0 Å². The van der Waals surface area contributed by atoms with E-state index in [4.69, 9.17) is 0 Å². The molecule has 2 aliphatic rings. The zero-order valence-corrected chi connectivity index (χ0v) is 37.5. The number of hydrogen-bond donors (Lipinski definition) is 0. The predicted molar refractivity (Wildman–Crippen MR) is 284 cm³/mol. The van der Waals surface area contributed by atoms with Crippen LogP contribution in [0, 0.1) is 27.7 Å². The van der Waals surface area contributed by atoms with E-state index in [2.05, 4.69) is 222 Å². The van der Waals surface area contributed by atoms with Crippen molar-refractivity contribution in [2.24, 2.45) is 0 Å². The van der Waals surface area contributed by atoms with Gasteiger partial charge in [0.2, 0.25) is 0 Å². The normalized spacial score (nSPS) is 12.2. The number of aryl methyl sites for hydroxylation is 4. The van der Waals surface area contributed by atoms with Crippen LogP contribution in [-0.2, 0) is 0 Å². The van der Waals surface area contributed by atoms with Crippen LogP contribution < -0.4 is 0 Å². The van der Waals surface area contributed by atoms with Crippen molar-refractivity contribution in [3.8, 4) is 89.0 Å². The SMILES string of the molecule is Cc1cc2c3c(cc(C)cc3c1)-c1c-2c(-c2ccccc2)c2ccc3c(ccc4c(-c5ccccc5)c5c(c(-c6ccccc6)c43)-c3cc(C)cc4cc(C)cc-5c34)c2c1-c1ccccc1. The molecule has 0 heterocycles. The maximum atomic E-state index is 2.47. The van der Waals surface area contributed by atoms with Gasteiger partial charge in [0.1, 0.15) is 0 Å². The van der Waals surface area contributed by atoms with Gasteiger partial charge in [-0.25, -0.2) is 0 Å². The lowest BCUT2D eigenvalue weighted by atomic mass is 9.78. The van der Waals surface area contributed by atoms with Gasteiger partial charge < -0.3 is 0 Å². The Hall–Kier alpha value is -8.06. The number of rotatable bonds is 4. The van der Waals surface area contributed by atoms with Gasteiger partial charge in [-0.1, -0.05) is 194 Å². The second-order valence-corrected chi connectivity index (χ2v) is 19.0. The fourth-order valence-corrected chi connectivity index (χ4v) is 12.5. The summed E-state index contributed by atoms with van der Waals surface area (Å²) in [6.45, 7) is 9.02. The van der Waals surface area contributed by atoms with Crippen molar-refractivity contribution in [2.75, 3.05) is 0 Å². The maximum absolute atomic E-state index is 2.47. The zero-order valence-electron chi connectivity index (χ0n) is 37.5. The van der Waals surface area contributed by atoms with Crippen LogP contribution in [0.25, 0.3) is 143 Å². The Labute approximate surface area is 385 Å². The molecule has 14 rings (SSSR count). The third-order valence-electron chi connectivity index (χ3n) is 14.7. The Morgan fingerprint density at radius 3 is 0.773 bits per heavy atom. The Bertz CT molecular complexity index is 3800. The van der Waals surface area contributed by atoms with Crippen molar-refractivity contribution in [1.29, 1.82) is 0 Å². The third-order valence-corrected chi connectivity index (χ3v) is 14.7. The first kappa shape index (κ1) is 37.3. The van der Waals surface area contributed by atoms with E-state index < -0.39 is 0 Å². The molecule has 0 aliphatic heterocycles. The topological polar surface area (TPSA) is 0 Å². The predicted octanol–water partition coefficient (Wildman–Crippen LogP) is 18.6. The van der Waals surface area contributed by atoms with E-state index in [0.717, 1.165) is 0 Å². The van der Waals surface area contributed by atoms with Crippen LogP contribution in [0.2, 0.25) is 0 Å². The van der Waals surface area contributed by atoms with E-state index in [0.29, 0.717) is 0 Å². The van der Waals surface area contributed by atoms with Gasteiger partial charge in [0, 0.05) is 0 Å². The lowest BCUT2D eigenvalue weighted by Gasteiger charge is -2.24. The number of fused-ring (bicyclic) bond motifs is 11. The quantitative estimate of drug-likeness (QED) is 0.155. The smallest absolute Gasteiger partial charge is 0.000709 e. The van der Waals surface area contributed by atoms with E-state index in [-0.39, 0.29) is 0 Å². The fourth-order valence-electron chi connectivity index (χ4n) is 12.5. The van der Waals surface area contributed by atoms with Crippen LogP contribution in [0.1, 0.15) is 22.3 Å². The summed E-state index contributed by atoms with van der Waals surface area (Å²) in [6, 6.07) is 74.0. The molecule has 0 fully saturated rings. The van der Waals surface area contributed by atoms with Crippen LogP contribution in [0.5, 0.6) is 0 Å². The van der Waals surface area contributed by atoms with Crippen LogP contribution >= 0.6 is 0 Å². The fraction of sp³-hybridized carbons (Fsp3) is 0.0606. The molecule has 0 unspecified atom stereocenters. The van der Waals surface area contributed by atoms with E-state index >= 15 is 0 Å². The average molecular weight is 837 g/mol. The summed E-state index contributed by atoms with van der Waals surface area (Å²) in [6.07, 6.45) is 0. The summed E-state index contributed by atoms with van der Waals surface area (Å²) in [5, 5.41) is 13.0. The Balaban J connectivity index is 1.25. The zero-order chi connectivity index (χ0) is 43.9. The first-order valence-corrected chi connectivity index (χ1v) is 23.3. The van der Waals surface area contributed by atoms with Gasteiger partial charge in [-0.15, -0.1) is 0 Å². The third kappa shape index (κ3) is 5.10. The minimum atomic E-state index is 1.24. The molecule has 2 aliphatic carbocycles. The van der Waals surface area contributed by atoms with Gasteiger partial charge in [0.15, 0.2) is 0 Å². The monoisotopic (exact) mass is 836 g/mol. The Morgan fingerprint density at radius 2 is 0.470 bits per heavy atom. The summed E-state index contributed by atoms with van der Waals surface area (Å²) >= 11 is 0. The number of benzene rings is 12. The molecule has 0 heteroatoms. The van der Waals surface area contributed by atoms with Crippen LogP contribution in [-0.4, -0.2) is 0 Å². The lowest BCUT2D eigenvalue weighted by molar-refractivity contribution is 1.48. The van der Waals surface area contributed by atoms with Crippen molar-refractivity contribution in [1.82, 2.24) is 0 Å². The molecular formula is C66H44. The molecular weight excluding hydrogens is 793 g/mol. The van der Waals surface area contributed by atoms with Gasteiger partial charge in [-0.2, -0.15) is 0 Å². The van der Waals surface area contributed by atoms with Crippen molar-refractivity contribution in [3.05, 3.63) is 216 Å². The molecule has 0 amide bonds. The van der Waals surface area contributed by atoms with Gasteiger partial charge >= 0.3 is 0 Å². The summed E-state index contributed by atoms with van der Waals surface area (Å²) in [5.41, 5.74) is 26.0. The summed E-state index contributed by atoms with van der Waals surface area (Å²) in [4.78, 5) is 0. The van der Waals surface area contributed by atoms with E-state index in [1.165, 1.54) is 165 Å². The molecule has 0 aromatic heterocycles. The minimum Gasteiger partial charge on any atom is -0.0622 e. The second-order valence-electron chi connectivity index (χ2n) is 19.0. The first-order chi connectivity index (χ1) is 32.4. The van der Waals surface area contributed by atoms with Gasteiger partial charge in [0.25, 0.3) is 0 Å². The lowest BCUT2D eigenvalue weighted by Crippen LogP contribution is -1.97. The highest BCUT2D eigenvalue weighted by molar-refractivity contribution is 6.36. The molecule has 66 heavy (non-hydrogen) atoms. The first-order valence-electron chi connectivity index (χ1n) is 23.3. The van der Waals surface area contributed by atoms with Crippen molar-refractivity contribution >= 4 is 53.9 Å². The molecule has 0 N–H and O–H groups in total. The molecule has 0 saturated heterocycles. The highest BCUT2D eigenvalue weighted by Gasteiger charge is 2.34. The van der Waals surface area contributed by atoms with Crippen LogP contribution in [0.15, 0.2) is 194 Å². The molecule has 0 nitrogen and oxygen atoms in total. The van der Waals surface area contributed by atoms with E-state index in [1.54, 1.807) is 0 Å². The Morgan fingerprint density at radius 1 is 0.212 bits per heavy atom. The van der Waals surface area contributed by atoms with E-state index in [1.807, 2.05) is 0 Å². The molecule has 0 bridgehead atoms. The molecule has 0 spiro atoms. The molecule has 12 aromatic carbocycles. The molecule has 12 aromatic rings. The van der Waals surface area contributed by atoms with Crippen molar-refractivity contribution in [2.45, 2.75) is 27.7 Å². The van der Waals surface area contributed by atoms with Crippen LogP contribution in [0.3, 0.4) is 0 Å². The molecule has 0 radical (unpaired) electrons. The molecule has 0 saturated carbocycles. The van der Waals surface area contributed by atoms with Gasteiger partial charge in [-0.3, -0.25) is 0 Å². The minimum absolute atomic E-state index is 1.24. The maximum Gasteiger partial charge on any atom is -0.000709 e. The second kappa shape index (κ2) is 13.7. The highest BCUT2D eigenvalue weighted by atomic mass is 14.4.